The second-order valence-corrected chi connectivity index (χ2v) is 14.0. The first kappa shape index (κ1) is 36.0. The summed E-state index contributed by atoms with van der Waals surface area (Å²) in [7, 11) is 1.89. The minimum atomic E-state index is -4.32. The number of amides is 1. The highest BCUT2D eigenvalue weighted by Gasteiger charge is 2.53. The fraction of sp³-hybridized carbons (Fsp3) is 0.541. The van der Waals surface area contributed by atoms with Gasteiger partial charge in [-0.25, -0.2) is 0 Å². The van der Waals surface area contributed by atoms with E-state index in [4.69, 9.17) is 4.74 Å². The third-order valence-electron chi connectivity index (χ3n) is 10.5. The van der Waals surface area contributed by atoms with Gasteiger partial charge in [-0.05, 0) is 68.7 Å². The second-order valence-electron chi connectivity index (χ2n) is 14.0. The minimum Gasteiger partial charge on any atom is -0.481 e. The summed E-state index contributed by atoms with van der Waals surface area (Å²) < 4.78 is 48.6. The maximum Gasteiger partial charge on any atom is 0.401 e. The highest BCUT2D eigenvalue weighted by molar-refractivity contribution is 6.13. The number of carboxylic acid groups (broad SMARTS) is 1. The molecule has 3 heterocycles. The van der Waals surface area contributed by atoms with Crippen LogP contribution in [0.3, 0.4) is 0 Å². The molecule has 1 aliphatic carbocycles. The number of hydrogen-bond donors (Lipinski definition) is 2. The lowest BCUT2D eigenvalue weighted by molar-refractivity contribution is -0.262. The predicted octanol–water partition coefficient (Wildman–Crippen LogP) is 5.44. The van der Waals surface area contributed by atoms with E-state index in [1.165, 1.54) is 4.90 Å². The summed E-state index contributed by atoms with van der Waals surface area (Å²) in [6, 6.07) is 13.2. The monoisotopic (exact) mass is 697 g/mol. The molecule has 1 unspecified atom stereocenters. The van der Waals surface area contributed by atoms with Crippen LogP contribution in [0.1, 0.15) is 60.0 Å². The number of aromatic nitrogens is 1. The van der Waals surface area contributed by atoms with Crippen LogP contribution in [0.25, 0.3) is 10.9 Å². The van der Waals surface area contributed by atoms with Crippen LogP contribution < -0.4 is 5.32 Å². The molecule has 1 saturated carbocycles. The number of Topliss-reactive ketones (excluding diaryl/α,β-unsaturated/α-hetero) is 1. The van der Waals surface area contributed by atoms with Crippen LogP contribution in [0.2, 0.25) is 0 Å². The Morgan fingerprint density at radius 1 is 0.920 bits per heavy atom. The van der Waals surface area contributed by atoms with Gasteiger partial charge in [-0.3, -0.25) is 29.1 Å². The van der Waals surface area contributed by atoms with Gasteiger partial charge < -0.3 is 19.7 Å². The van der Waals surface area contributed by atoms with E-state index < -0.39 is 30.5 Å². The number of carbonyl (C=O) groups excluding carboxylic acids is 2. The Balaban J connectivity index is 1.24. The lowest BCUT2D eigenvalue weighted by atomic mass is 9.87. The van der Waals surface area contributed by atoms with Crippen LogP contribution in [0.15, 0.2) is 48.7 Å². The van der Waals surface area contributed by atoms with Gasteiger partial charge in [0.2, 0.25) is 5.85 Å². The number of nitrogens with zero attached hydrogens (tertiary/aromatic N) is 4. The first-order chi connectivity index (χ1) is 23.8. The van der Waals surface area contributed by atoms with Crippen molar-refractivity contribution in [2.75, 3.05) is 51.1 Å². The lowest BCUT2D eigenvalue weighted by Gasteiger charge is -2.52. The third-order valence-corrected chi connectivity index (χ3v) is 10.5. The van der Waals surface area contributed by atoms with Crippen molar-refractivity contribution in [1.82, 2.24) is 19.3 Å². The number of benzene rings is 2. The number of aryl methyl sites for hydroxylation is 2. The van der Waals surface area contributed by atoms with Crippen molar-refractivity contribution >= 4 is 34.3 Å². The Bertz CT molecular complexity index is 1700. The SMILES string of the molecule is Cc1cc(CC(=O)C(OC2CCC(C(=O)O)CC2)(N2CCCC2)N2CCN(CC(F)(F)F)CC2)ccc1NC(=O)c1cn(C)c2ccccc12. The largest absolute Gasteiger partial charge is 0.481 e. The summed E-state index contributed by atoms with van der Waals surface area (Å²) in [4.78, 5) is 45.1. The van der Waals surface area contributed by atoms with Gasteiger partial charge in [0.1, 0.15) is 0 Å². The number of anilines is 1. The van der Waals surface area contributed by atoms with E-state index in [0.717, 1.165) is 34.9 Å². The zero-order chi connectivity index (χ0) is 35.6. The molecule has 0 radical (unpaired) electrons. The van der Waals surface area contributed by atoms with Gasteiger partial charge in [0, 0.05) is 75.5 Å². The standard InChI is InChI=1S/C37H46F3N5O5/c1-25-21-26(9-14-31(25)41-34(47)30-23-42(2)32-8-4-3-7-29(30)32)22-33(46)37(44-15-5-6-16-44,50-28-12-10-27(11-13-28)35(48)49)45-19-17-43(18-20-45)24-36(38,39)40/h3-4,7-9,14,21,23,27-28H,5-6,10-13,15-20,22,24H2,1-2H3,(H,41,47)(H,48,49). The Labute approximate surface area is 290 Å². The molecule has 0 spiro atoms. The van der Waals surface area contributed by atoms with Crippen LogP contribution in [0.5, 0.6) is 0 Å². The van der Waals surface area contributed by atoms with Gasteiger partial charge in [-0.1, -0.05) is 30.3 Å². The number of hydrogen-bond acceptors (Lipinski definition) is 7. The van der Waals surface area contributed by atoms with E-state index in [9.17, 15) is 32.7 Å². The Kier molecular flexibility index (Phi) is 10.7. The molecule has 13 heteroatoms. The van der Waals surface area contributed by atoms with Crippen molar-refractivity contribution in [1.29, 1.82) is 0 Å². The predicted molar refractivity (Wildman–Crippen MR) is 183 cm³/mol. The summed E-state index contributed by atoms with van der Waals surface area (Å²) in [5, 5.41) is 13.4. The van der Waals surface area contributed by atoms with Gasteiger partial charge in [-0.15, -0.1) is 0 Å². The van der Waals surface area contributed by atoms with Crippen LogP contribution in [0.4, 0.5) is 18.9 Å². The quantitative estimate of drug-likeness (QED) is 0.273. The number of piperazine rings is 1. The molecule has 1 aromatic heterocycles. The second kappa shape index (κ2) is 14.8. The smallest absolute Gasteiger partial charge is 0.401 e. The highest BCUT2D eigenvalue weighted by atomic mass is 19.4. The molecular weight excluding hydrogens is 651 g/mol. The van der Waals surface area contributed by atoms with Crippen LogP contribution >= 0.6 is 0 Å². The molecule has 6 rings (SSSR count). The van der Waals surface area contributed by atoms with Crippen molar-refractivity contribution in [3.05, 3.63) is 65.4 Å². The molecule has 50 heavy (non-hydrogen) atoms. The van der Waals surface area contributed by atoms with Gasteiger partial charge >= 0.3 is 12.1 Å². The fourth-order valence-electron chi connectivity index (χ4n) is 7.90. The van der Waals surface area contributed by atoms with Crippen molar-refractivity contribution in [3.63, 3.8) is 0 Å². The van der Waals surface area contributed by atoms with E-state index in [1.807, 2.05) is 64.7 Å². The average molecular weight is 698 g/mol. The van der Waals surface area contributed by atoms with Crippen molar-refractivity contribution in [2.24, 2.45) is 13.0 Å². The Morgan fingerprint density at radius 2 is 1.58 bits per heavy atom. The molecule has 2 aromatic carbocycles. The van der Waals surface area contributed by atoms with Crippen molar-refractivity contribution in [3.8, 4) is 0 Å². The number of carboxylic acids is 1. The number of fused-ring (bicyclic) bond motifs is 1. The summed E-state index contributed by atoms with van der Waals surface area (Å²) >= 11 is 0. The van der Waals surface area contributed by atoms with Gasteiger partial charge in [-0.2, -0.15) is 13.2 Å². The number of para-hydroxylation sites is 1. The van der Waals surface area contributed by atoms with Gasteiger partial charge in [0.15, 0.2) is 5.78 Å². The average Bonchev–Trinajstić information content (AvgIpc) is 3.74. The lowest BCUT2D eigenvalue weighted by Crippen LogP contribution is -2.71. The van der Waals surface area contributed by atoms with E-state index in [-0.39, 0.29) is 50.4 Å². The first-order valence-corrected chi connectivity index (χ1v) is 17.5. The molecule has 2 N–H and O–H groups in total. The number of halogens is 3. The van der Waals surface area contributed by atoms with E-state index in [2.05, 4.69) is 5.32 Å². The molecule has 2 aliphatic heterocycles. The number of ether oxygens (including phenoxy) is 1. The summed E-state index contributed by atoms with van der Waals surface area (Å²) in [6.45, 7) is 2.81. The fourth-order valence-corrected chi connectivity index (χ4v) is 7.90. The maximum atomic E-state index is 14.8. The number of likely N-dealkylation sites (tertiary alicyclic amines) is 1. The van der Waals surface area contributed by atoms with Crippen LogP contribution in [-0.2, 0) is 27.8 Å². The molecule has 3 fully saturated rings. The number of alkyl halides is 3. The molecule has 1 amide bonds. The summed E-state index contributed by atoms with van der Waals surface area (Å²) in [6.07, 6.45) is 0.711. The van der Waals surface area contributed by atoms with Crippen molar-refractivity contribution < 1.29 is 37.4 Å². The van der Waals surface area contributed by atoms with Gasteiger partial charge in [0.05, 0.1) is 24.1 Å². The third kappa shape index (κ3) is 7.75. The van der Waals surface area contributed by atoms with Crippen LogP contribution in [0, 0.1) is 12.8 Å². The number of rotatable bonds is 11. The molecule has 10 nitrogen and oxygen atoms in total. The number of ketones is 1. The van der Waals surface area contributed by atoms with E-state index in [1.54, 1.807) is 12.3 Å². The normalized spacial score (nSPS) is 22.4. The van der Waals surface area contributed by atoms with Gasteiger partial charge in [0.25, 0.3) is 5.91 Å². The highest BCUT2D eigenvalue weighted by Crippen LogP contribution is 2.37. The number of nitrogens with one attached hydrogen (secondary N) is 1. The van der Waals surface area contributed by atoms with E-state index >= 15 is 0 Å². The summed E-state index contributed by atoms with van der Waals surface area (Å²) in [5.41, 5.74) is 3.64. The zero-order valence-corrected chi connectivity index (χ0v) is 28.7. The number of aliphatic carboxylic acids is 1. The minimum absolute atomic E-state index is 0.0160. The summed E-state index contributed by atoms with van der Waals surface area (Å²) in [5.74, 6) is -3.22. The molecule has 2 saturated heterocycles. The number of carbonyl (C=O) groups is 3. The zero-order valence-electron chi connectivity index (χ0n) is 28.7. The topological polar surface area (TPSA) is 107 Å². The van der Waals surface area contributed by atoms with Crippen LogP contribution in [-0.4, -0.2) is 106 Å². The molecule has 0 bridgehead atoms. The molecule has 270 valence electrons. The molecular formula is C37H46F3N5O5. The molecule has 3 aromatic rings. The Morgan fingerprint density at radius 3 is 2.22 bits per heavy atom. The molecule has 3 aliphatic rings. The Hall–Kier alpha value is -3.78. The van der Waals surface area contributed by atoms with Crippen molar-refractivity contribution in [2.45, 2.75) is 70.0 Å². The molecule has 1 atom stereocenters. The van der Waals surface area contributed by atoms with E-state index in [0.29, 0.717) is 50.0 Å². The first-order valence-electron chi connectivity index (χ1n) is 17.5. The maximum absolute atomic E-state index is 14.8.